The summed E-state index contributed by atoms with van der Waals surface area (Å²) in [6.45, 7) is 0. The minimum atomic E-state index is -0.827. The van der Waals surface area contributed by atoms with E-state index in [1.165, 1.54) is 12.1 Å². The first-order valence-corrected chi connectivity index (χ1v) is 3.94. The summed E-state index contributed by atoms with van der Waals surface area (Å²) in [7, 11) is 0. The zero-order valence-electron chi connectivity index (χ0n) is 6.80. The predicted molar refractivity (Wildman–Crippen MR) is 46.7 cm³/mol. The molecule has 3 heteroatoms. The van der Waals surface area contributed by atoms with E-state index in [1.54, 1.807) is 6.20 Å². The lowest BCUT2D eigenvalue weighted by atomic mass is 10.1. The molecule has 0 unspecified atom stereocenters. The van der Waals surface area contributed by atoms with Crippen molar-refractivity contribution in [1.29, 1.82) is 0 Å². The van der Waals surface area contributed by atoms with Gasteiger partial charge < -0.3 is 0 Å². The quantitative estimate of drug-likeness (QED) is 0.628. The van der Waals surface area contributed by atoms with Crippen LogP contribution in [0.3, 0.4) is 0 Å². The highest BCUT2D eigenvalue weighted by molar-refractivity contribution is 6.02. The van der Waals surface area contributed by atoms with Crippen LogP contribution < -0.4 is 0 Å². The Labute approximate surface area is 74.4 Å². The van der Waals surface area contributed by atoms with Crippen molar-refractivity contribution in [3.05, 3.63) is 47.7 Å². The van der Waals surface area contributed by atoms with Gasteiger partial charge in [0.15, 0.2) is 11.6 Å². The van der Waals surface area contributed by atoms with Gasteiger partial charge in [0.25, 0.3) is 0 Å². The van der Waals surface area contributed by atoms with E-state index in [0.29, 0.717) is 12.0 Å². The molecular weight excluding hydrogens is 172 g/mol. The fourth-order valence-electron chi connectivity index (χ4n) is 1.23. The molecule has 0 saturated carbocycles. The average molecular weight is 179 g/mol. The van der Waals surface area contributed by atoms with Crippen molar-refractivity contribution in [2.75, 3.05) is 0 Å². The van der Waals surface area contributed by atoms with Crippen molar-refractivity contribution in [1.82, 2.24) is 0 Å². The lowest BCUT2D eigenvalue weighted by Gasteiger charge is -2.00. The number of rotatable bonds is 1. The summed E-state index contributed by atoms with van der Waals surface area (Å²) in [5, 5.41) is 0. The second-order valence-corrected chi connectivity index (χ2v) is 2.79. The average Bonchev–Trinajstić information content (AvgIpc) is 2.62. The van der Waals surface area contributed by atoms with Gasteiger partial charge in [-0.1, -0.05) is 12.1 Å². The van der Waals surface area contributed by atoms with Gasteiger partial charge in [0.2, 0.25) is 0 Å². The maximum atomic E-state index is 12.8. The first-order chi connectivity index (χ1) is 6.27. The largest absolute Gasteiger partial charge is 0.261 e. The second kappa shape index (κ2) is 3.09. The second-order valence-electron chi connectivity index (χ2n) is 2.79. The molecular formula is C10H7F2N. The molecule has 0 N–H and O–H groups in total. The molecule has 0 amide bonds. The van der Waals surface area contributed by atoms with Crippen LogP contribution in [0, 0.1) is 11.6 Å². The molecule has 0 bridgehead atoms. The summed E-state index contributed by atoms with van der Waals surface area (Å²) >= 11 is 0. The van der Waals surface area contributed by atoms with Crippen molar-refractivity contribution in [3.63, 3.8) is 0 Å². The molecule has 2 rings (SSSR count). The molecule has 1 heterocycles. The lowest BCUT2D eigenvalue weighted by molar-refractivity contribution is 0.508. The van der Waals surface area contributed by atoms with Crippen molar-refractivity contribution in [2.45, 2.75) is 6.42 Å². The standard InChI is InChI=1S/C10H7F2N/c11-8-4-3-7(6-9(8)12)10-2-1-5-13-10/h1,3-6H,2H2. The summed E-state index contributed by atoms with van der Waals surface area (Å²) in [4.78, 5) is 4.02. The molecule has 1 aliphatic heterocycles. The zero-order valence-corrected chi connectivity index (χ0v) is 6.80. The lowest BCUT2D eigenvalue weighted by Crippen LogP contribution is -1.98. The molecule has 0 spiro atoms. The van der Waals surface area contributed by atoms with Crippen LogP contribution in [-0.2, 0) is 0 Å². The molecule has 0 radical (unpaired) electrons. The van der Waals surface area contributed by atoms with Gasteiger partial charge in [-0.3, -0.25) is 4.99 Å². The minimum absolute atomic E-state index is 0.643. The molecule has 0 atom stereocenters. The molecule has 1 aromatic rings. The van der Waals surface area contributed by atoms with Gasteiger partial charge in [-0.25, -0.2) is 8.78 Å². The zero-order chi connectivity index (χ0) is 9.26. The monoisotopic (exact) mass is 179 g/mol. The Balaban J connectivity index is 2.37. The Morgan fingerprint density at radius 3 is 2.62 bits per heavy atom. The van der Waals surface area contributed by atoms with Crippen molar-refractivity contribution >= 4 is 5.71 Å². The minimum Gasteiger partial charge on any atom is -0.261 e. The third kappa shape index (κ3) is 1.49. The van der Waals surface area contributed by atoms with E-state index in [4.69, 9.17) is 0 Å². The topological polar surface area (TPSA) is 12.4 Å². The van der Waals surface area contributed by atoms with Crippen LogP contribution in [0.5, 0.6) is 0 Å². The number of nitrogens with zero attached hydrogens (tertiary/aromatic N) is 1. The summed E-state index contributed by atoms with van der Waals surface area (Å²) < 4.78 is 25.3. The third-order valence-electron chi connectivity index (χ3n) is 1.90. The van der Waals surface area contributed by atoms with E-state index in [9.17, 15) is 8.78 Å². The maximum absolute atomic E-state index is 12.8. The van der Waals surface area contributed by atoms with Crippen LogP contribution >= 0.6 is 0 Å². The normalized spacial score (nSPS) is 14.8. The van der Waals surface area contributed by atoms with Crippen LogP contribution in [0.25, 0.3) is 0 Å². The highest BCUT2D eigenvalue weighted by atomic mass is 19.2. The van der Waals surface area contributed by atoms with Gasteiger partial charge in [-0.2, -0.15) is 0 Å². The molecule has 1 aliphatic rings. The van der Waals surface area contributed by atoms with Gasteiger partial charge in [0.05, 0.1) is 5.71 Å². The molecule has 0 aromatic heterocycles. The Bertz CT molecular complexity index is 394. The number of halogens is 2. The summed E-state index contributed by atoms with van der Waals surface area (Å²) in [5.74, 6) is -1.65. The van der Waals surface area contributed by atoms with Crippen molar-refractivity contribution in [2.24, 2.45) is 4.99 Å². The van der Waals surface area contributed by atoms with Gasteiger partial charge >= 0.3 is 0 Å². The molecule has 66 valence electrons. The molecule has 13 heavy (non-hydrogen) atoms. The van der Waals surface area contributed by atoms with Crippen molar-refractivity contribution < 1.29 is 8.78 Å². The first-order valence-electron chi connectivity index (χ1n) is 3.94. The molecule has 1 aromatic carbocycles. The van der Waals surface area contributed by atoms with E-state index in [-0.39, 0.29) is 0 Å². The maximum Gasteiger partial charge on any atom is 0.159 e. The van der Waals surface area contributed by atoms with Crippen LogP contribution in [0.1, 0.15) is 12.0 Å². The summed E-state index contributed by atoms with van der Waals surface area (Å²) in [6.07, 6.45) is 4.22. The van der Waals surface area contributed by atoms with E-state index in [2.05, 4.69) is 4.99 Å². The van der Waals surface area contributed by atoms with E-state index >= 15 is 0 Å². The first kappa shape index (κ1) is 8.10. The van der Waals surface area contributed by atoms with Crippen LogP contribution in [-0.4, -0.2) is 5.71 Å². The Morgan fingerprint density at radius 1 is 1.15 bits per heavy atom. The Hall–Kier alpha value is -1.51. The Morgan fingerprint density at radius 2 is 2.00 bits per heavy atom. The van der Waals surface area contributed by atoms with Crippen molar-refractivity contribution in [3.8, 4) is 0 Å². The number of hydrogen-bond acceptors (Lipinski definition) is 1. The van der Waals surface area contributed by atoms with Crippen LogP contribution in [0.15, 0.2) is 35.5 Å². The molecule has 1 nitrogen and oxygen atoms in total. The highest BCUT2D eigenvalue weighted by Crippen LogP contribution is 2.14. The SMILES string of the molecule is Fc1ccc(C2=NC=CC2)cc1F. The van der Waals surface area contributed by atoms with Gasteiger partial charge in [0.1, 0.15) is 0 Å². The number of aliphatic imine (C=N–C) groups is 1. The molecule has 0 aliphatic carbocycles. The number of allylic oxidation sites excluding steroid dienone is 1. The number of hydrogen-bond donors (Lipinski definition) is 0. The Kier molecular flexibility index (Phi) is 1.93. The highest BCUT2D eigenvalue weighted by Gasteiger charge is 2.08. The van der Waals surface area contributed by atoms with Crippen LogP contribution in [0.2, 0.25) is 0 Å². The summed E-state index contributed by atoms with van der Waals surface area (Å²) in [6, 6.07) is 3.82. The molecule has 0 saturated heterocycles. The summed E-state index contributed by atoms with van der Waals surface area (Å²) in [5.41, 5.74) is 1.42. The fourth-order valence-corrected chi connectivity index (χ4v) is 1.23. The fraction of sp³-hybridized carbons (Fsp3) is 0.100. The molecule has 0 fully saturated rings. The third-order valence-corrected chi connectivity index (χ3v) is 1.90. The number of benzene rings is 1. The van der Waals surface area contributed by atoms with Gasteiger partial charge in [-0.05, 0) is 17.7 Å². The van der Waals surface area contributed by atoms with Gasteiger partial charge in [0, 0.05) is 12.6 Å². The smallest absolute Gasteiger partial charge is 0.159 e. The van der Waals surface area contributed by atoms with Crippen LogP contribution in [0.4, 0.5) is 8.78 Å². The predicted octanol–water partition coefficient (Wildman–Crippen LogP) is 2.67. The van der Waals surface area contributed by atoms with E-state index < -0.39 is 11.6 Å². The van der Waals surface area contributed by atoms with E-state index in [1.807, 2.05) is 6.08 Å². The van der Waals surface area contributed by atoms with E-state index in [0.717, 1.165) is 11.8 Å². The van der Waals surface area contributed by atoms with Gasteiger partial charge in [-0.15, -0.1) is 0 Å².